The van der Waals surface area contributed by atoms with Crippen LogP contribution in [0.25, 0.3) is 0 Å². The summed E-state index contributed by atoms with van der Waals surface area (Å²) in [7, 11) is 1.67. The van der Waals surface area contributed by atoms with Crippen LogP contribution >= 0.6 is 23.2 Å². The summed E-state index contributed by atoms with van der Waals surface area (Å²) in [5, 5.41) is 4.23. The lowest BCUT2D eigenvalue weighted by Crippen LogP contribution is -2.56. The Kier molecular flexibility index (Phi) is 8.14. The SMILES string of the molecule is COc1cccc(N2CNC(=O)C23CCN(CCCC2(c4ccc(Cl)c(Cl)c4)CCN(C(=O)C4CCC4)C2)CC3)c1. The second-order valence-electron chi connectivity index (χ2n) is 12.3. The first-order valence-electron chi connectivity index (χ1n) is 15.0. The quantitative estimate of drug-likeness (QED) is 0.436. The number of anilines is 1. The highest BCUT2D eigenvalue weighted by atomic mass is 35.5. The van der Waals surface area contributed by atoms with Gasteiger partial charge in [-0.1, -0.05) is 41.8 Å². The fourth-order valence-electron chi connectivity index (χ4n) is 7.37. The van der Waals surface area contributed by atoms with E-state index in [0.717, 1.165) is 95.5 Å². The van der Waals surface area contributed by atoms with Crippen molar-refractivity contribution in [3.8, 4) is 5.75 Å². The zero-order valence-electron chi connectivity index (χ0n) is 23.8. The summed E-state index contributed by atoms with van der Waals surface area (Å²) in [6, 6.07) is 14.0. The Balaban J connectivity index is 1.11. The molecule has 1 aliphatic carbocycles. The van der Waals surface area contributed by atoms with Gasteiger partial charge in [0.2, 0.25) is 11.8 Å². The van der Waals surface area contributed by atoms with Gasteiger partial charge in [0.15, 0.2) is 0 Å². The number of amides is 2. The lowest BCUT2D eigenvalue weighted by Gasteiger charge is -2.43. The monoisotopic (exact) mass is 598 g/mol. The topological polar surface area (TPSA) is 65.1 Å². The maximum Gasteiger partial charge on any atom is 0.247 e. The molecule has 2 aromatic rings. The Bertz CT molecular complexity index is 1290. The number of rotatable bonds is 8. The number of piperidine rings is 1. The van der Waals surface area contributed by atoms with Crippen molar-refractivity contribution >= 4 is 40.7 Å². The molecule has 2 aromatic carbocycles. The van der Waals surface area contributed by atoms with Crippen LogP contribution in [0.2, 0.25) is 10.0 Å². The molecule has 4 fully saturated rings. The van der Waals surface area contributed by atoms with E-state index in [9.17, 15) is 9.59 Å². The molecule has 1 spiro atoms. The molecule has 0 aromatic heterocycles. The second-order valence-corrected chi connectivity index (χ2v) is 13.1. The van der Waals surface area contributed by atoms with Crippen molar-refractivity contribution in [2.75, 3.05) is 51.4 Å². The average molecular weight is 600 g/mol. The molecule has 1 saturated carbocycles. The van der Waals surface area contributed by atoms with Crippen molar-refractivity contribution in [3.05, 3.63) is 58.1 Å². The number of hydrogen-bond donors (Lipinski definition) is 1. The molecule has 3 heterocycles. The molecule has 4 aliphatic rings. The van der Waals surface area contributed by atoms with Crippen LogP contribution in [0.5, 0.6) is 5.75 Å². The van der Waals surface area contributed by atoms with E-state index >= 15 is 0 Å². The van der Waals surface area contributed by atoms with E-state index < -0.39 is 5.54 Å². The van der Waals surface area contributed by atoms with Crippen LogP contribution in [0, 0.1) is 5.92 Å². The Morgan fingerprint density at radius 1 is 1.05 bits per heavy atom. The highest BCUT2D eigenvalue weighted by Crippen LogP contribution is 2.43. The predicted octanol–water partition coefficient (Wildman–Crippen LogP) is 5.48. The molecule has 3 aliphatic heterocycles. The van der Waals surface area contributed by atoms with E-state index in [1.807, 2.05) is 30.3 Å². The standard InChI is InChI=1S/C32H40Cl2N4O3/c1-41-26-8-3-7-25(20-26)38-22-35-30(40)32(38)13-16-36(17-14-32)15-4-11-31(24-9-10-27(33)28(34)19-24)12-18-37(21-31)29(39)23-5-2-6-23/h3,7-10,19-20,23H,2,4-6,11-18,21-22H2,1H3,(H,35,40). The first-order valence-corrected chi connectivity index (χ1v) is 15.8. The van der Waals surface area contributed by atoms with Gasteiger partial charge in [0, 0.05) is 49.3 Å². The molecular formula is C32H40Cl2N4O3. The highest BCUT2D eigenvalue weighted by molar-refractivity contribution is 6.42. The Labute approximate surface area is 253 Å². The molecule has 1 atom stereocenters. The fourth-order valence-corrected chi connectivity index (χ4v) is 7.67. The number of likely N-dealkylation sites (tertiary alicyclic amines) is 2. The van der Waals surface area contributed by atoms with E-state index in [0.29, 0.717) is 22.6 Å². The number of carbonyl (C=O) groups is 2. The van der Waals surface area contributed by atoms with Crippen molar-refractivity contribution in [1.29, 1.82) is 0 Å². The van der Waals surface area contributed by atoms with Gasteiger partial charge in [-0.25, -0.2) is 0 Å². The van der Waals surface area contributed by atoms with Crippen LogP contribution in [0.1, 0.15) is 56.9 Å². The van der Waals surface area contributed by atoms with Crippen LogP contribution in [-0.2, 0) is 15.0 Å². The van der Waals surface area contributed by atoms with Crippen molar-refractivity contribution in [2.45, 2.75) is 62.3 Å². The molecule has 7 nitrogen and oxygen atoms in total. The van der Waals surface area contributed by atoms with Crippen LogP contribution in [-0.4, -0.2) is 73.7 Å². The summed E-state index contributed by atoms with van der Waals surface area (Å²) in [5.41, 5.74) is 1.57. The van der Waals surface area contributed by atoms with Gasteiger partial charge < -0.3 is 24.8 Å². The second kappa shape index (κ2) is 11.7. The van der Waals surface area contributed by atoms with Gasteiger partial charge in [0.1, 0.15) is 11.3 Å². The molecule has 0 radical (unpaired) electrons. The Hall–Kier alpha value is -2.48. The summed E-state index contributed by atoms with van der Waals surface area (Å²) < 4.78 is 5.44. The van der Waals surface area contributed by atoms with E-state index in [1.54, 1.807) is 7.11 Å². The lowest BCUT2D eigenvalue weighted by molar-refractivity contribution is -0.137. The molecule has 41 heavy (non-hydrogen) atoms. The summed E-state index contributed by atoms with van der Waals surface area (Å²) in [6.45, 7) is 4.79. The largest absolute Gasteiger partial charge is 0.497 e. The van der Waals surface area contributed by atoms with Crippen LogP contribution < -0.4 is 15.0 Å². The number of halogens is 2. The van der Waals surface area contributed by atoms with Gasteiger partial charge in [-0.3, -0.25) is 9.59 Å². The number of nitrogens with one attached hydrogen (secondary N) is 1. The van der Waals surface area contributed by atoms with E-state index in [4.69, 9.17) is 27.9 Å². The first kappa shape index (κ1) is 28.6. The van der Waals surface area contributed by atoms with Gasteiger partial charge in [-0.2, -0.15) is 0 Å². The first-order chi connectivity index (χ1) is 19.8. The normalized spacial score (nSPS) is 24.5. The third kappa shape index (κ3) is 5.41. The van der Waals surface area contributed by atoms with Crippen LogP contribution in [0.15, 0.2) is 42.5 Å². The number of carbonyl (C=O) groups excluding carboxylic acids is 2. The minimum absolute atomic E-state index is 0.112. The fraction of sp³-hybridized carbons (Fsp3) is 0.562. The van der Waals surface area contributed by atoms with Gasteiger partial charge >= 0.3 is 0 Å². The number of benzene rings is 2. The third-order valence-corrected chi connectivity index (χ3v) is 10.9. The molecule has 9 heteroatoms. The van der Waals surface area contributed by atoms with Crippen LogP contribution in [0.3, 0.4) is 0 Å². The Morgan fingerprint density at radius 2 is 1.85 bits per heavy atom. The number of nitrogens with zero attached hydrogens (tertiary/aromatic N) is 3. The highest BCUT2D eigenvalue weighted by Gasteiger charge is 2.50. The lowest BCUT2D eigenvalue weighted by atomic mass is 9.75. The zero-order chi connectivity index (χ0) is 28.6. The van der Waals surface area contributed by atoms with Crippen molar-refractivity contribution < 1.29 is 14.3 Å². The van der Waals surface area contributed by atoms with Crippen molar-refractivity contribution in [2.24, 2.45) is 5.92 Å². The Morgan fingerprint density at radius 3 is 2.56 bits per heavy atom. The maximum absolute atomic E-state index is 13.1. The minimum atomic E-state index is -0.516. The maximum atomic E-state index is 13.1. The summed E-state index contributed by atoms with van der Waals surface area (Å²) in [6.07, 6.45) is 7.75. The van der Waals surface area contributed by atoms with E-state index in [1.165, 1.54) is 5.56 Å². The predicted molar refractivity (Wildman–Crippen MR) is 163 cm³/mol. The van der Waals surface area contributed by atoms with Gasteiger partial charge in [-0.15, -0.1) is 0 Å². The van der Waals surface area contributed by atoms with Gasteiger partial charge in [0.25, 0.3) is 0 Å². The molecule has 220 valence electrons. The number of hydrogen-bond acceptors (Lipinski definition) is 5. The number of ether oxygens (including phenoxy) is 1. The van der Waals surface area contributed by atoms with E-state index in [-0.39, 0.29) is 17.2 Å². The molecule has 1 N–H and O–H groups in total. The van der Waals surface area contributed by atoms with E-state index in [2.05, 4.69) is 32.1 Å². The molecular weight excluding hydrogens is 559 g/mol. The minimum Gasteiger partial charge on any atom is -0.497 e. The van der Waals surface area contributed by atoms with Gasteiger partial charge in [-0.05, 0) is 81.3 Å². The van der Waals surface area contributed by atoms with Crippen LogP contribution in [0.4, 0.5) is 5.69 Å². The molecule has 0 bridgehead atoms. The molecule has 2 amide bonds. The van der Waals surface area contributed by atoms with Crippen molar-refractivity contribution in [3.63, 3.8) is 0 Å². The zero-order valence-corrected chi connectivity index (χ0v) is 25.4. The van der Waals surface area contributed by atoms with Crippen molar-refractivity contribution in [1.82, 2.24) is 15.1 Å². The molecule has 6 rings (SSSR count). The average Bonchev–Trinajstić information content (AvgIpc) is 3.53. The third-order valence-electron chi connectivity index (χ3n) is 10.2. The summed E-state index contributed by atoms with van der Waals surface area (Å²) >= 11 is 12.7. The molecule has 3 saturated heterocycles. The number of methoxy groups -OCH3 is 1. The summed E-state index contributed by atoms with van der Waals surface area (Å²) in [5.74, 6) is 1.46. The summed E-state index contributed by atoms with van der Waals surface area (Å²) in [4.78, 5) is 33.1. The van der Waals surface area contributed by atoms with Gasteiger partial charge in [0.05, 0.1) is 23.8 Å². The smallest absolute Gasteiger partial charge is 0.247 e. The molecule has 1 unspecified atom stereocenters.